The Labute approximate surface area is 143 Å². The number of amides is 1. The Kier molecular flexibility index (Phi) is 5.08. The van der Waals surface area contributed by atoms with E-state index in [0.29, 0.717) is 17.5 Å². The third kappa shape index (κ3) is 3.62. The first kappa shape index (κ1) is 18.9. The van der Waals surface area contributed by atoms with Crippen LogP contribution in [0.15, 0.2) is 17.0 Å². The predicted molar refractivity (Wildman–Crippen MR) is 91.3 cm³/mol. The summed E-state index contributed by atoms with van der Waals surface area (Å²) in [7, 11) is -3.93. The van der Waals surface area contributed by atoms with E-state index < -0.39 is 19.9 Å². The number of hydrogen-bond acceptors (Lipinski definition) is 5. The Morgan fingerprint density at radius 3 is 2.42 bits per heavy atom. The Morgan fingerprint density at radius 2 is 1.92 bits per heavy atom. The van der Waals surface area contributed by atoms with Crippen LogP contribution in [0.25, 0.3) is 0 Å². The van der Waals surface area contributed by atoms with Crippen molar-refractivity contribution in [3.63, 3.8) is 0 Å². The molecule has 1 atom stereocenters. The van der Waals surface area contributed by atoms with Gasteiger partial charge in [-0.25, -0.2) is 21.6 Å². The molecule has 1 unspecified atom stereocenters. The van der Waals surface area contributed by atoms with E-state index in [0.717, 1.165) is 0 Å². The molecular weight excluding hydrogens is 352 g/mol. The molecule has 134 valence electrons. The Morgan fingerprint density at radius 1 is 1.29 bits per heavy atom. The summed E-state index contributed by atoms with van der Waals surface area (Å²) in [5, 5.41) is 0. The van der Waals surface area contributed by atoms with E-state index in [4.69, 9.17) is 0 Å². The first-order valence-electron chi connectivity index (χ1n) is 7.51. The van der Waals surface area contributed by atoms with Crippen LogP contribution < -0.4 is 4.72 Å². The highest BCUT2D eigenvalue weighted by Gasteiger charge is 2.33. The second-order valence-corrected chi connectivity index (χ2v) is 10.2. The number of benzene rings is 1. The fourth-order valence-electron chi connectivity index (χ4n) is 2.79. The number of nitrogens with zero attached hydrogens (tertiary/aromatic N) is 1. The molecule has 1 amide bonds. The second kappa shape index (κ2) is 6.45. The quantitative estimate of drug-likeness (QED) is 0.826. The van der Waals surface area contributed by atoms with E-state index in [-0.39, 0.29) is 33.9 Å². The zero-order valence-electron chi connectivity index (χ0n) is 14.2. The van der Waals surface area contributed by atoms with E-state index in [1.165, 1.54) is 18.0 Å². The lowest BCUT2D eigenvalue weighted by atomic mass is 10.0. The lowest BCUT2D eigenvalue weighted by molar-refractivity contribution is 0.0747. The Hall–Kier alpha value is -1.45. The summed E-state index contributed by atoms with van der Waals surface area (Å²) in [5.74, 6) is -0.364. The number of carbonyl (C=O) groups is 1. The minimum atomic E-state index is -3.69. The van der Waals surface area contributed by atoms with Gasteiger partial charge in [0.2, 0.25) is 10.0 Å². The monoisotopic (exact) mass is 374 g/mol. The maximum Gasteiger partial charge on any atom is 0.253 e. The second-order valence-electron chi connectivity index (χ2n) is 6.10. The van der Waals surface area contributed by atoms with Crippen molar-refractivity contribution in [1.82, 2.24) is 9.62 Å². The number of sulfonamides is 1. The highest BCUT2D eigenvalue weighted by Crippen LogP contribution is 2.24. The molecule has 1 aliphatic heterocycles. The van der Waals surface area contributed by atoms with E-state index in [1.807, 2.05) is 0 Å². The predicted octanol–water partition coefficient (Wildman–Crippen LogP) is 0.471. The van der Waals surface area contributed by atoms with Crippen LogP contribution in [-0.4, -0.2) is 59.3 Å². The van der Waals surface area contributed by atoms with Gasteiger partial charge in [-0.1, -0.05) is 0 Å². The molecule has 0 radical (unpaired) electrons. The van der Waals surface area contributed by atoms with Crippen LogP contribution in [0, 0.1) is 13.8 Å². The van der Waals surface area contributed by atoms with Crippen LogP contribution in [0.4, 0.5) is 0 Å². The number of sulfone groups is 1. The zero-order valence-corrected chi connectivity index (χ0v) is 15.8. The molecule has 1 saturated heterocycles. The summed E-state index contributed by atoms with van der Waals surface area (Å²) >= 11 is 0. The molecule has 1 aromatic carbocycles. The average molecular weight is 374 g/mol. The van der Waals surface area contributed by atoms with Crippen molar-refractivity contribution >= 4 is 25.8 Å². The maximum absolute atomic E-state index is 12.7. The summed E-state index contributed by atoms with van der Waals surface area (Å²) in [5.41, 5.74) is 1.49. The highest BCUT2D eigenvalue weighted by molar-refractivity contribution is 7.91. The molecule has 0 aliphatic carbocycles. The minimum absolute atomic E-state index is 0.0538. The van der Waals surface area contributed by atoms with Gasteiger partial charge in [0.1, 0.15) is 0 Å². The van der Waals surface area contributed by atoms with Crippen LogP contribution >= 0.6 is 0 Å². The first-order valence-corrected chi connectivity index (χ1v) is 10.8. The van der Waals surface area contributed by atoms with E-state index >= 15 is 0 Å². The molecule has 1 aromatic rings. The van der Waals surface area contributed by atoms with Crippen molar-refractivity contribution in [2.75, 3.05) is 25.6 Å². The van der Waals surface area contributed by atoms with Crippen LogP contribution in [0.1, 0.15) is 27.9 Å². The zero-order chi connectivity index (χ0) is 18.3. The van der Waals surface area contributed by atoms with Gasteiger partial charge in [-0.05, 0) is 50.6 Å². The molecule has 24 heavy (non-hydrogen) atoms. The van der Waals surface area contributed by atoms with Crippen LogP contribution in [0.2, 0.25) is 0 Å². The van der Waals surface area contributed by atoms with E-state index in [2.05, 4.69) is 4.72 Å². The number of hydrogen-bond donors (Lipinski definition) is 1. The van der Waals surface area contributed by atoms with E-state index in [1.54, 1.807) is 27.0 Å². The van der Waals surface area contributed by atoms with Gasteiger partial charge >= 0.3 is 0 Å². The van der Waals surface area contributed by atoms with Crippen LogP contribution in [0.3, 0.4) is 0 Å². The molecule has 1 heterocycles. The van der Waals surface area contributed by atoms with Crippen molar-refractivity contribution in [2.24, 2.45) is 0 Å². The fraction of sp³-hybridized carbons (Fsp3) is 0.533. The number of nitrogens with one attached hydrogen (secondary N) is 1. The number of aryl methyl sites for hydroxylation is 1. The van der Waals surface area contributed by atoms with Gasteiger partial charge in [0.25, 0.3) is 5.91 Å². The summed E-state index contributed by atoms with van der Waals surface area (Å²) in [4.78, 5) is 14.1. The van der Waals surface area contributed by atoms with Crippen molar-refractivity contribution in [2.45, 2.75) is 31.2 Å². The molecule has 0 saturated carbocycles. The van der Waals surface area contributed by atoms with Crippen LogP contribution in [-0.2, 0) is 19.9 Å². The molecule has 1 aliphatic rings. The summed E-state index contributed by atoms with van der Waals surface area (Å²) in [6.07, 6.45) is 0.400. The lowest BCUT2D eigenvalue weighted by Crippen LogP contribution is -2.38. The molecule has 9 heteroatoms. The van der Waals surface area contributed by atoms with Gasteiger partial charge in [0, 0.05) is 18.7 Å². The van der Waals surface area contributed by atoms with Gasteiger partial charge in [-0.15, -0.1) is 0 Å². The Bertz CT molecular complexity index is 875. The lowest BCUT2D eigenvalue weighted by Gasteiger charge is -2.24. The summed E-state index contributed by atoms with van der Waals surface area (Å²) in [6, 6.07) is 2.59. The third-order valence-electron chi connectivity index (χ3n) is 4.50. The van der Waals surface area contributed by atoms with Gasteiger partial charge in [0.15, 0.2) is 9.84 Å². The van der Waals surface area contributed by atoms with Crippen molar-refractivity contribution < 1.29 is 21.6 Å². The smallest absolute Gasteiger partial charge is 0.253 e. The topological polar surface area (TPSA) is 101 Å². The average Bonchev–Trinajstić information content (AvgIpc) is 2.88. The van der Waals surface area contributed by atoms with Crippen molar-refractivity contribution in [3.8, 4) is 0 Å². The van der Waals surface area contributed by atoms with Crippen LogP contribution in [0.5, 0.6) is 0 Å². The summed E-state index contributed by atoms with van der Waals surface area (Å²) < 4.78 is 49.7. The minimum Gasteiger partial charge on any atom is -0.338 e. The number of carbonyl (C=O) groups excluding carboxylic acids is 1. The standard InChI is InChI=1S/C15H22N2O5S2/c1-10-7-12(8-14(11(10)2)24(21,22)16-3)15(18)17(4)13-5-6-23(19,20)9-13/h7-8,13,16H,5-6,9H2,1-4H3. The van der Waals surface area contributed by atoms with Crippen molar-refractivity contribution in [3.05, 3.63) is 28.8 Å². The molecule has 0 spiro atoms. The maximum atomic E-state index is 12.7. The molecule has 1 N–H and O–H groups in total. The third-order valence-corrected chi connectivity index (χ3v) is 7.79. The molecule has 0 bridgehead atoms. The fourth-order valence-corrected chi connectivity index (χ4v) is 5.63. The number of rotatable bonds is 4. The molecule has 7 nitrogen and oxygen atoms in total. The molecule has 2 rings (SSSR count). The van der Waals surface area contributed by atoms with Gasteiger partial charge in [-0.2, -0.15) is 0 Å². The SMILES string of the molecule is CNS(=O)(=O)c1cc(C(=O)N(C)C2CCS(=O)(=O)C2)cc(C)c1C. The molecule has 0 aromatic heterocycles. The Balaban J connectivity index is 2.40. The van der Waals surface area contributed by atoms with Gasteiger partial charge in [-0.3, -0.25) is 4.79 Å². The first-order chi connectivity index (χ1) is 11.0. The van der Waals surface area contributed by atoms with Crippen molar-refractivity contribution in [1.29, 1.82) is 0 Å². The summed E-state index contributed by atoms with van der Waals surface area (Å²) in [6.45, 7) is 3.42. The molecular formula is C15H22N2O5S2. The molecule has 1 fully saturated rings. The largest absolute Gasteiger partial charge is 0.338 e. The van der Waals surface area contributed by atoms with Gasteiger partial charge < -0.3 is 4.90 Å². The normalized spacial score (nSPS) is 20.1. The highest BCUT2D eigenvalue weighted by atomic mass is 32.2. The van der Waals surface area contributed by atoms with E-state index in [9.17, 15) is 21.6 Å². The van der Waals surface area contributed by atoms with Gasteiger partial charge in [0.05, 0.1) is 16.4 Å².